The molecule has 3 aromatic carbocycles. The van der Waals surface area contributed by atoms with Gasteiger partial charge in [0.1, 0.15) is 11.2 Å². The zero-order valence-corrected chi connectivity index (χ0v) is 13.9. The van der Waals surface area contributed by atoms with Gasteiger partial charge in [0.2, 0.25) is 5.89 Å². The molecule has 0 unspecified atom stereocenters. The third-order valence-electron chi connectivity index (χ3n) is 4.31. The molecule has 26 heavy (non-hydrogen) atoms. The molecule has 0 fully saturated rings. The van der Waals surface area contributed by atoms with Crippen molar-refractivity contribution in [3.05, 3.63) is 91.1 Å². The van der Waals surface area contributed by atoms with Gasteiger partial charge >= 0.3 is 0 Å². The zero-order chi connectivity index (χ0) is 17.3. The van der Waals surface area contributed by atoms with Crippen LogP contribution in [0.25, 0.3) is 39.5 Å². The van der Waals surface area contributed by atoms with E-state index in [9.17, 15) is 0 Å². The maximum atomic E-state index is 6.00. The molecular formula is C22H15N3O. The van der Waals surface area contributed by atoms with Crippen LogP contribution in [0.3, 0.4) is 0 Å². The highest BCUT2D eigenvalue weighted by atomic mass is 16.3. The van der Waals surface area contributed by atoms with Crippen molar-refractivity contribution in [2.24, 2.45) is 0 Å². The summed E-state index contributed by atoms with van der Waals surface area (Å²) in [6.07, 6.45) is 1.97. The lowest BCUT2D eigenvalue weighted by molar-refractivity contribution is 0.620. The summed E-state index contributed by atoms with van der Waals surface area (Å²) in [4.78, 5) is 4.66. The molecule has 0 bridgehead atoms. The summed E-state index contributed by atoms with van der Waals surface area (Å²) in [6.45, 7) is 0. The number of nitrogens with zero attached hydrogens (tertiary/aromatic N) is 3. The summed E-state index contributed by atoms with van der Waals surface area (Å²) in [5.41, 5.74) is 5.35. The number of rotatable bonds is 3. The van der Waals surface area contributed by atoms with Gasteiger partial charge in [-0.05, 0) is 24.3 Å². The van der Waals surface area contributed by atoms with E-state index in [1.807, 2.05) is 95.8 Å². The summed E-state index contributed by atoms with van der Waals surface area (Å²) in [7, 11) is 0. The van der Waals surface area contributed by atoms with E-state index in [0.29, 0.717) is 5.89 Å². The molecule has 0 spiro atoms. The summed E-state index contributed by atoms with van der Waals surface area (Å²) < 4.78 is 7.87. The van der Waals surface area contributed by atoms with Crippen LogP contribution < -0.4 is 0 Å². The van der Waals surface area contributed by atoms with Crippen molar-refractivity contribution in [1.29, 1.82) is 0 Å². The maximum Gasteiger partial charge on any atom is 0.231 e. The maximum absolute atomic E-state index is 6.00. The van der Waals surface area contributed by atoms with E-state index >= 15 is 0 Å². The minimum atomic E-state index is 0.576. The van der Waals surface area contributed by atoms with E-state index in [1.165, 1.54) is 0 Å². The quantitative estimate of drug-likeness (QED) is 0.446. The van der Waals surface area contributed by atoms with Gasteiger partial charge in [-0.3, -0.25) is 0 Å². The standard InChI is InChI=1S/C22H15N3O/c1-3-9-16(10-4-1)21-18(15-25(24-21)17-11-5-2-6-12-17)22-23-19-13-7-8-14-20(19)26-22/h1-15H. The molecule has 124 valence electrons. The second-order valence-electron chi connectivity index (χ2n) is 6.02. The van der Waals surface area contributed by atoms with Crippen LogP contribution in [-0.2, 0) is 0 Å². The molecule has 4 heteroatoms. The van der Waals surface area contributed by atoms with Gasteiger partial charge in [-0.15, -0.1) is 0 Å². The van der Waals surface area contributed by atoms with Crippen LogP contribution in [0.15, 0.2) is 95.5 Å². The first-order valence-electron chi connectivity index (χ1n) is 8.45. The molecule has 5 aromatic rings. The lowest BCUT2D eigenvalue weighted by atomic mass is 10.1. The fourth-order valence-corrected chi connectivity index (χ4v) is 3.04. The number of benzene rings is 3. The molecule has 0 aliphatic rings. The summed E-state index contributed by atoms with van der Waals surface area (Å²) in [5, 5.41) is 4.81. The number of oxazole rings is 1. The Morgan fingerprint density at radius 1 is 0.731 bits per heavy atom. The Labute approximate surface area is 150 Å². The van der Waals surface area contributed by atoms with Crippen molar-refractivity contribution in [3.63, 3.8) is 0 Å². The number of para-hydroxylation sites is 3. The smallest absolute Gasteiger partial charge is 0.231 e. The topological polar surface area (TPSA) is 43.9 Å². The number of hydrogen-bond acceptors (Lipinski definition) is 3. The highest BCUT2D eigenvalue weighted by Gasteiger charge is 2.18. The minimum absolute atomic E-state index is 0.576. The minimum Gasteiger partial charge on any atom is -0.436 e. The highest BCUT2D eigenvalue weighted by Crippen LogP contribution is 2.33. The molecular weight excluding hydrogens is 322 g/mol. The van der Waals surface area contributed by atoms with Crippen molar-refractivity contribution in [3.8, 4) is 28.4 Å². The Kier molecular flexibility index (Phi) is 3.39. The van der Waals surface area contributed by atoms with E-state index in [-0.39, 0.29) is 0 Å². The van der Waals surface area contributed by atoms with Gasteiger partial charge in [-0.1, -0.05) is 60.7 Å². The van der Waals surface area contributed by atoms with Crippen molar-refractivity contribution >= 4 is 11.1 Å². The van der Waals surface area contributed by atoms with Crippen molar-refractivity contribution in [2.45, 2.75) is 0 Å². The lowest BCUT2D eigenvalue weighted by Crippen LogP contribution is -1.93. The second kappa shape index (κ2) is 6.01. The average molecular weight is 337 g/mol. The predicted molar refractivity (Wildman–Crippen MR) is 102 cm³/mol. The number of aromatic nitrogens is 3. The Morgan fingerprint density at radius 3 is 2.19 bits per heavy atom. The Morgan fingerprint density at radius 2 is 1.42 bits per heavy atom. The van der Waals surface area contributed by atoms with Gasteiger partial charge < -0.3 is 4.42 Å². The van der Waals surface area contributed by atoms with Gasteiger partial charge in [0.05, 0.1) is 11.3 Å². The monoisotopic (exact) mass is 337 g/mol. The predicted octanol–water partition coefficient (Wildman–Crippen LogP) is 5.35. The Bertz CT molecular complexity index is 1140. The van der Waals surface area contributed by atoms with Gasteiger partial charge in [-0.2, -0.15) is 5.10 Å². The van der Waals surface area contributed by atoms with Crippen LogP contribution in [0, 0.1) is 0 Å². The molecule has 0 amide bonds. The van der Waals surface area contributed by atoms with Crippen LogP contribution >= 0.6 is 0 Å². The van der Waals surface area contributed by atoms with Gasteiger partial charge in [0, 0.05) is 11.8 Å². The highest BCUT2D eigenvalue weighted by molar-refractivity contribution is 5.81. The van der Waals surface area contributed by atoms with E-state index in [2.05, 4.69) is 4.98 Å². The number of fused-ring (bicyclic) bond motifs is 1. The molecule has 0 N–H and O–H groups in total. The zero-order valence-electron chi connectivity index (χ0n) is 13.9. The molecule has 0 atom stereocenters. The van der Waals surface area contributed by atoms with Gasteiger partial charge in [0.25, 0.3) is 0 Å². The number of hydrogen-bond donors (Lipinski definition) is 0. The molecule has 0 saturated heterocycles. The fraction of sp³-hybridized carbons (Fsp3) is 0. The normalized spacial score (nSPS) is 11.1. The molecule has 4 nitrogen and oxygen atoms in total. The van der Waals surface area contributed by atoms with Crippen LogP contribution in [0.1, 0.15) is 0 Å². The third kappa shape index (κ3) is 2.48. The van der Waals surface area contributed by atoms with E-state index in [1.54, 1.807) is 0 Å². The van der Waals surface area contributed by atoms with Gasteiger partial charge in [0.15, 0.2) is 5.58 Å². The van der Waals surface area contributed by atoms with Crippen molar-refractivity contribution in [1.82, 2.24) is 14.8 Å². The average Bonchev–Trinajstić information content (AvgIpc) is 3.33. The first-order valence-corrected chi connectivity index (χ1v) is 8.45. The Hall–Kier alpha value is -3.66. The second-order valence-corrected chi connectivity index (χ2v) is 6.02. The Balaban J connectivity index is 1.73. The first-order chi connectivity index (χ1) is 12.9. The molecule has 2 aromatic heterocycles. The van der Waals surface area contributed by atoms with E-state index in [4.69, 9.17) is 9.52 Å². The molecule has 0 radical (unpaired) electrons. The molecule has 0 aliphatic heterocycles. The van der Waals surface area contributed by atoms with Crippen LogP contribution in [0.5, 0.6) is 0 Å². The first kappa shape index (κ1) is 14.7. The summed E-state index contributed by atoms with van der Waals surface area (Å²) in [6, 6.07) is 27.9. The van der Waals surface area contributed by atoms with Crippen LogP contribution in [0.2, 0.25) is 0 Å². The van der Waals surface area contributed by atoms with Gasteiger partial charge in [-0.25, -0.2) is 9.67 Å². The van der Waals surface area contributed by atoms with E-state index in [0.717, 1.165) is 33.6 Å². The van der Waals surface area contributed by atoms with Crippen LogP contribution in [-0.4, -0.2) is 14.8 Å². The molecule has 5 rings (SSSR count). The molecule has 2 heterocycles. The lowest BCUT2D eigenvalue weighted by Gasteiger charge is -2.00. The fourth-order valence-electron chi connectivity index (χ4n) is 3.04. The van der Waals surface area contributed by atoms with E-state index < -0.39 is 0 Å². The van der Waals surface area contributed by atoms with Crippen molar-refractivity contribution < 1.29 is 4.42 Å². The summed E-state index contributed by atoms with van der Waals surface area (Å²) in [5.74, 6) is 0.576. The van der Waals surface area contributed by atoms with Crippen molar-refractivity contribution in [2.75, 3.05) is 0 Å². The third-order valence-corrected chi connectivity index (χ3v) is 4.31. The largest absolute Gasteiger partial charge is 0.436 e. The summed E-state index contributed by atoms with van der Waals surface area (Å²) >= 11 is 0. The molecule has 0 saturated carbocycles. The molecule has 0 aliphatic carbocycles. The SMILES string of the molecule is c1ccc(-c2nn(-c3ccccc3)cc2-c2nc3ccccc3o2)cc1. The van der Waals surface area contributed by atoms with Crippen LogP contribution in [0.4, 0.5) is 0 Å².